The van der Waals surface area contributed by atoms with Crippen LogP contribution in [0.2, 0.25) is 0 Å². The van der Waals surface area contributed by atoms with Crippen molar-refractivity contribution in [2.45, 2.75) is 39.4 Å². The van der Waals surface area contributed by atoms with Crippen LogP contribution in [0.3, 0.4) is 0 Å². The second kappa shape index (κ2) is 8.85. The van der Waals surface area contributed by atoms with Gasteiger partial charge in [-0.15, -0.1) is 0 Å². The number of hydrogen-bond donors (Lipinski definition) is 0. The fourth-order valence-electron chi connectivity index (χ4n) is 3.16. The Hall–Kier alpha value is -1.64. The van der Waals surface area contributed by atoms with Gasteiger partial charge in [0.25, 0.3) is 0 Å². The highest BCUT2D eigenvalue weighted by Gasteiger charge is 2.23. The van der Waals surface area contributed by atoms with E-state index in [1.807, 2.05) is 0 Å². The molecule has 23 heavy (non-hydrogen) atoms. The molecule has 0 atom stereocenters. The van der Waals surface area contributed by atoms with E-state index in [0.29, 0.717) is 6.10 Å². The highest BCUT2D eigenvalue weighted by Crippen LogP contribution is 2.29. The van der Waals surface area contributed by atoms with Crippen molar-refractivity contribution < 1.29 is 4.74 Å². The van der Waals surface area contributed by atoms with Crippen LogP contribution in [0, 0.1) is 0 Å². The first-order chi connectivity index (χ1) is 10.9. The molecular formula is C21H29NO. The molecule has 2 heteroatoms. The summed E-state index contributed by atoms with van der Waals surface area (Å²) >= 11 is 0. The van der Waals surface area contributed by atoms with Crippen molar-refractivity contribution in [3.05, 3.63) is 71.8 Å². The van der Waals surface area contributed by atoms with E-state index in [9.17, 15) is 0 Å². The maximum Gasteiger partial charge on any atom is 0.108 e. The molecule has 0 aromatic heterocycles. The van der Waals surface area contributed by atoms with Crippen LogP contribution in [0.25, 0.3) is 0 Å². The Morgan fingerprint density at radius 3 is 1.83 bits per heavy atom. The van der Waals surface area contributed by atoms with Crippen LogP contribution in [0.15, 0.2) is 60.7 Å². The van der Waals surface area contributed by atoms with Crippen LogP contribution >= 0.6 is 0 Å². The second-order valence-corrected chi connectivity index (χ2v) is 5.97. The lowest BCUT2D eigenvalue weighted by atomic mass is 10.00. The van der Waals surface area contributed by atoms with Gasteiger partial charge in [-0.05, 0) is 30.5 Å². The van der Waals surface area contributed by atoms with Gasteiger partial charge in [-0.2, -0.15) is 0 Å². The van der Waals surface area contributed by atoms with E-state index < -0.39 is 0 Å². The SMILES string of the molecule is C.CCN1CCC(OC(c2ccccc2)c2ccccc2)CC1. The fraction of sp³-hybridized carbons (Fsp3) is 0.429. The summed E-state index contributed by atoms with van der Waals surface area (Å²) in [5.41, 5.74) is 2.48. The van der Waals surface area contributed by atoms with E-state index >= 15 is 0 Å². The van der Waals surface area contributed by atoms with Gasteiger partial charge in [0.2, 0.25) is 0 Å². The average Bonchev–Trinajstić information content (AvgIpc) is 2.62. The van der Waals surface area contributed by atoms with Crippen LogP contribution in [0.5, 0.6) is 0 Å². The predicted octanol–water partition coefficient (Wildman–Crippen LogP) is 4.91. The van der Waals surface area contributed by atoms with Crippen molar-refractivity contribution in [1.82, 2.24) is 4.90 Å². The summed E-state index contributed by atoms with van der Waals surface area (Å²) < 4.78 is 6.53. The number of piperidine rings is 1. The van der Waals surface area contributed by atoms with Gasteiger partial charge in [0.1, 0.15) is 6.10 Å². The van der Waals surface area contributed by atoms with Crippen LogP contribution < -0.4 is 0 Å². The number of likely N-dealkylation sites (tertiary alicyclic amines) is 1. The largest absolute Gasteiger partial charge is 0.365 e. The third-order valence-corrected chi connectivity index (χ3v) is 4.51. The van der Waals surface area contributed by atoms with Gasteiger partial charge >= 0.3 is 0 Å². The molecule has 0 unspecified atom stereocenters. The fourth-order valence-corrected chi connectivity index (χ4v) is 3.16. The van der Waals surface area contributed by atoms with Crippen molar-refractivity contribution in [3.63, 3.8) is 0 Å². The molecule has 1 aliphatic heterocycles. The molecule has 0 N–H and O–H groups in total. The molecule has 124 valence electrons. The molecule has 1 heterocycles. The van der Waals surface area contributed by atoms with Crippen molar-refractivity contribution in [1.29, 1.82) is 0 Å². The molecule has 1 saturated heterocycles. The van der Waals surface area contributed by atoms with Crippen LogP contribution in [0.1, 0.15) is 44.4 Å². The van der Waals surface area contributed by atoms with E-state index in [-0.39, 0.29) is 13.5 Å². The summed E-state index contributed by atoms with van der Waals surface area (Å²) in [4.78, 5) is 2.50. The molecule has 0 amide bonds. The summed E-state index contributed by atoms with van der Waals surface area (Å²) in [5, 5.41) is 0. The summed E-state index contributed by atoms with van der Waals surface area (Å²) in [5.74, 6) is 0. The van der Waals surface area contributed by atoms with E-state index in [2.05, 4.69) is 72.5 Å². The summed E-state index contributed by atoms with van der Waals surface area (Å²) in [6.45, 7) is 5.68. The normalized spacial score (nSPS) is 16.3. The van der Waals surface area contributed by atoms with Crippen LogP contribution in [-0.4, -0.2) is 30.6 Å². The third kappa shape index (κ3) is 4.66. The zero-order valence-corrected chi connectivity index (χ0v) is 13.3. The molecule has 1 aliphatic rings. The number of benzene rings is 2. The first-order valence-electron chi connectivity index (χ1n) is 8.34. The molecular weight excluding hydrogens is 282 g/mol. The van der Waals surface area contributed by atoms with Gasteiger partial charge in [-0.25, -0.2) is 0 Å². The van der Waals surface area contributed by atoms with Crippen molar-refractivity contribution in [2.75, 3.05) is 19.6 Å². The smallest absolute Gasteiger partial charge is 0.108 e. The summed E-state index contributed by atoms with van der Waals surface area (Å²) in [7, 11) is 0. The van der Waals surface area contributed by atoms with E-state index in [1.54, 1.807) is 0 Å². The molecule has 2 aromatic carbocycles. The Morgan fingerprint density at radius 1 is 0.913 bits per heavy atom. The zero-order chi connectivity index (χ0) is 15.2. The molecule has 0 bridgehead atoms. The number of nitrogens with zero attached hydrogens (tertiary/aromatic N) is 1. The zero-order valence-electron chi connectivity index (χ0n) is 13.3. The first-order valence-corrected chi connectivity index (χ1v) is 8.34. The first kappa shape index (κ1) is 17.7. The molecule has 3 rings (SSSR count). The van der Waals surface area contributed by atoms with Gasteiger partial charge in [0.15, 0.2) is 0 Å². The van der Waals surface area contributed by atoms with E-state index in [0.717, 1.165) is 32.5 Å². The second-order valence-electron chi connectivity index (χ2n) is 5.97. The molecule has 2 nitrogen and oxygen atoms in total. The summed E-state index contributed by atoms with van der Waals surface area (Å²) in [6.07, 6.45) is 2.65. The van der Waals surface area contributed by atoms with Crippen molar-refractivity contribution >= 4 is 0 Å². The van der Waals surface area contributed by atoms with Gasteiger partial charge in [0, 0.05) is 13.1 Å². The molecule has 0 radical (unpaired) electrons. The Morgan fingerprint density at radius 2 is 1.39 bits per heavy atom. The topological polar surface area (TPSA) is 12.5 Å². The highest BCUT2D eigenvalue weighted by atomic mass is 16.5. The minimum absolute atomic E-state index is 0. The van der Waals surface area contributed by atoms with E-state index in [1.165, 1.54) is 11.1 Å². The van der Waals surface area contributed by atoms with E-state index in [4.69, 9.17) is 4.74 Å². The predicted molar refractivity (Wildman–Crippen MR) is 97.7 cm³/mol. The van der Waals surface area contributed by atoms with Crippen LogP contribution in [0.4, 0.5) is 0 Å². The monoisotopic (exact) mass is 311 g/mol. The molecule has 0 aliphatic carbocycles. The highest BCUT2D eigenvalue weighted by molar-refractivity contribution is 5.30. The number of rotatable bonds is 5. The lowest BCUT2D eigenvalue weighted by molar-refractivity contribution is -0.0262. The standard InChI is InChI=1S/C20H25NO.CH4/c1-2-21-15-13-19(14-16-21)22-20(17-9-5-3-6-10-17)18-11-7-4-8-12-18;/h3-12,19-20H,2,13-16H2,1H3;1H4. The molecule has 2 aromatic rings. The Labute approximate surface area is 141 Å². The van der Waals surface area contributed by atoms with Crippen molar-refractivity contribution in [3.8, 4) is 0 Å². The quantitative estimate of drug-likeness (QED) is 0.777. The van der Waals surface area contributed by atoms with Gasteiger partial charge in [-0.1, -0.05) is 75.0 Å². The molecule has 0 spiro atoms. The lowest BCUT2D eigenvalue weighted by Crippen LogP contribution is -2.37. The van der Waals surface area contributed by atoms with Crippen molar-refractivity contribution in [2.24, 2.45) is 0 Å². The minimum Gasteiger partial charge on any atom is -0.365 e. The number of ether oxygens (including phenoxy) is 1. The van der Waals surface area contributed by atoms with Crippen LogP contribution in [-0.2, 0) is 4.74 Å². The van der Waals surface area contributed by atoms with Gasteiger partial charge in [0.05, 0.1) is 6.10 Å². The Kier molecular flexibility index (Phi) is 6.82. The molecule has 1 fully saturated rings. The minimum atomic E-state index is 0. The maximum atomic E-state index is 6.53. The average molecular weight is 311 g/mol. The van der Waals surface area contributed by atoms with Gasteiger partial charge in [-0.3, -0.25) is 0 Å². The van der Waals surface area contributed by atoms with Gasteiger partial charge < -0.3 is 9.64 Å². The number of hydrogen-bond acceptors (Lipinski definition) is 2. The Balaban J connectivity index is 0.00000192. The Bertz CT molecular complexity index is 507. The maximum absolute atomic E-state index is 6.53. The third-order valence-electron chi connectivity index (χ3n) is 4.51. The molecule has 0 saturated carbocycles. The summed E-state index contributed by atoms with van der Waals surface area (Å²) in [6, 6.07) is 21.2. The lowest BCUT2D eigenvalue weighted by Gasteiger charge is -2.33.